The molecule has 0 saturated heterocycles. The SMILES string of the molecule is C1=CN(c2cccc3snnc23)C=CC1. The summed E-state index contributed by atoms with van der Waals surface area (Å²) in [6.07, 6.45) is 9.38. The van der Waals surface area contributed by atoms with Gasteiger partial charge in [0.1, 0.15) is 5.52 Å². The number of anilines is 1. The third kappa shape index (κ3) is 1.43. The van der Waals surface area contributed by atoms with Crippen LogP contribution < -0.4 is 4.90 Å². The summed E-state index contributed by atoms with van der Waals surface area (Å²) in [5.74, 6) is 0. The Kier molecular flexibility index (Phi) is 1.99. The first-order valence-electron chi connectivity index (χ1n) is 4.78. The highest BCUT2D eigenvalue weighted by molar-refractivity contribution is 7.13. The van der Waals surface area contributed by atoms with E-state index in [1.165, 1.54) is 11.5 Å². The third-order valence-corrected chi connectivity index (χ3v) is 3.03. The van der Waals surface area contributed by atoms with E-state index in [1.807, 2.05) is 12.1 Å². The molecule has 1 aliphatic rings. The summed E-state index contributed by atoms with van der Waals surface area (Å²) in [7, 11) is 0. The van der Waals surface area contributed by atoms with E-state index < -0.39 is 0 Å². The van der Waals surface area contributed by atoms with Gasteiger partial charge in [-0.15, -0.1) is 5.10 Å². The minimum atomic E-state index is 0.971. The predicted molar refractivity (Wildman–Crippen MR) is 62.8 cm³/mol. The second-order valence-corrected chi connectivity index (χ2v) is 4.10. The monoisotopic (exact) mass is 215 g/mol. The summed E-state index contributed by atoms with van der Waals surface area (Å²) >= 11 is 1.43. The molecular weight excluding hydrogens is 206 g/mol. The molecule has 1 aliphatic heterocycles. The molecule has 0 amide bonds. The number of benzene rings is 1. The summed E-state index contributed by atoms with van der Waals surface area (Å²) in [6, 6.07) is 6.14. The average Bonchev–Trinajstić information content (AvgIpc) is 2.78. The number of aromatic nitrogens is 2. The first kappa shape index (κ1) is 8.61. The first-order chi connectivity index (χ1) is 7.45. The van der Waals surface area contributed by atoms with E-state index in [4.69, 9.17) is 0 Å². The van der Waals surface area contributed by atoms with Crippen molar-refractivity contribution in [2.75, 3.05) is 4.90 Å². The number of hydrogen-bond donors (Lipinski definition) is 0. The lowest BCUT2D eigenvalue weighted by atomic mass is 10.2. The molecule has 1 aromatic carbocycles. The zero-order valence-electron chi connectivity index (χ0n) is 8.00. The molecule has 0 radical (unpaired) electrons. The summed E-state index contributed by atoms with van der Waals surface area (Å²) in [6.45, 7) is 0. The van der Waals surface area contributed by atoms with Crippen molar-refractivity contribution in [3.8, 4) is 0 Å². The van der Waals surface area contributed by atoms with Crippen molar-refractivity contribution in [2.24, 2.45) is 0 Å². The molecule has 1 aromatic heterocycles. The van der Waals surface area contributed by atoms with Gasteiger partial charge in [-0.25, -0.2) is 0 Å². The van der Waals surface area contributed by atoms with Crippen molar-refractivity contribution in [3.63, 3.8) is 0 Å². The van der Waals surface area contributed by atoms with Crippen LogP contribution in [0.3, 0.4) is 0 Å². The van der Waals surface area contributed by atoms with E-state index in [-0.39, 0.29) is 0 Å². The highest BCUT2D eigenvalue weighted by Gasteiger charge is 2.09. The Hall–Kier alpha value is -1.68. The van der Waals surface area contributed by atoms with Crippen LogP contribution in [-0.4, -0.2) is 9.59 Å². The molecule has 0 fully saturated rings. The highest BCUT2D eigenvalue weighted by atomic mass is 32.1. The fourth-order valence-electron chi connectivity index (χ4n) is 1.64. The van der Waals surface area contributed by atoms with Gasteiger partial charge in [0.2, 0.25) is 0 Å². The molecule has 2 aromatic rings. The van der Waals surface area contributed by atoms with Crippen LogP contribution in [-0.2, 0) is 0 Å². The van der Waals surface area contributed by atoms with Crippen molar-refractivity contribution < 1.29 is 0 Å². The van der Waals surface area contributed by atoms with Gasteiger partial charge in [-0.05, 0) is 30.1 Å². The van der Waals surface area contributed by atoms with Gasteiger partial charge in [0.05, 0.1) is 10.4 Å². The lowest BCUT2D eigenvalue weighted by molar-refractivity contribution is 1.16. The van der Waals surface area contributed by atoms with Crippen LogP contribution in [0.1, 0.15) is 6.42 Å². The third-order valence-electron chi connectivity index (χ3n) is 2.34. The fourth-order valence-corrected chi connectivity index (χ4v) is 2.22. The van der Waals surface area contributed by atoms with Crippen LogP contribution in [0.5, 0.6) is 0 Å². The summed E-state index contributed by atoms with van der Waals surface area (Å²) in [4.78, 5) is 2.08. The van der Waals surface area contributed by atoms with Crippen LogP contribution in [0.4, 0.5) is 5.69 Å². The number of hydrogen-bond acceptors (Lipinski definition) is 4. The lowest BCUT2D eigenvalue weighted by Crippen LogP contribution is -2.09. The predicted octanol–water partition coefficient (Wildman–Crippen LogP) is 2.93. The van der Waals surface area contributed by atoms with E-state index in [0.717, 1.165) is 22.3 Å². The second kappa shape index (κ2) is 3.47. The molecule has 15 heavy (non-hydrogen) atoms. The smallest absolute Gasteiger partial charge is 0.129 e. The Balaban J connectivity index is 2.17. The number of allylic oxidation sites excluding steroid dienone is 2. The average molecular weight is 215 g/mol. The zero-order valence-corrected chi connectivity index (χ0v) is 8.81. The molecule has 74 valence electrons. The van der Waals surface area contributed by atoms with Gasteiger partial charge in [0.25, 0.3) is 0 Å². The molecule has 0 spiro atoms. The standard InChI is InChI=1S/C11H9N3S/c1-2-7-14(8-3-1)9-5-4-6-10-11(9)12-13-15-10/h2-8H,1H2. The van der Waals surface area contributed by atoms with Crippen molar-refractivity contribution in [1.29, 1.82) is 0 Å². The number of rotatable bonds is 1. The number of nitrogens with zero attached hydrogens (tertiary/aromatic N) is 3. The topological polar surface area (TPSA) is 29.0 Å². The molecule has 0 N–H and O–H groups in total. The summed E-state index contributed by atoms with van der Waals surface area (Å²) in [5, 5.41) is 4.15. The van der Waals surface area contributed by atoms with Gasteiger partial charge in [0, 0.05) is 12.4 Å². The van der Waals surface area contributed by atoms with E-state index in [1.54, 1.807) is 0 Å². The molecule has 0 aliphatic carbocycles. The van der Waals surface area contributed by atoms with Crippen LogP contribution in [0, 0.1) is 0 Å². The second-order valence-electron chi connectivity index (χ2n) is 3.31. The van der Waals surface area contributed by atoms with Gasteiger partial charge in [-0.1, -0.05) is 22.7 Å². The Morgan fingerprint density at radius 3 is 2.93 bits per heavy atom. The largest absolute Gasteiger partial charge is 0.322 e. The lowest BCUT2D eigenvalue weighted by Gasteiger charge is -2.17. The van der Waals surface area contributed by atoms with E-state index in [2.05, 4.69) is 45.1 Å². The van der Waals surface area contributed by atoms with Gasteiger partial charge in [-0.2, -0.15) is 0 Å². The highest BCUT2D eigenvalue weighted by Crippen LogP contribution is 2.28. The van der Waals surface area contributed by atoms with Gasteiger partial charge in [0.15, 0.2) is 0 Å². The Bertz CT molecular complexity index is 530. The first-order valence-corrected chi connectivity index (χ1v) is 5.55. The summed E-state index contributed by atoms with van der Waals surface area (Å²) in [5.41, 5.74) is 2.06. The van der Waals surface area contributed by atoms with Crippen molar-refractivity contribution in [2.45, 2.75) is 6.42 Å². The molecule has 3 nitrogen and oxygen atoms in total. The maximum absolute atomic E-state index is 4.15. The van der Waals surface area contributed by atoms with Crippen molar-refractivity contribution in [3.05, 3.63) is 42.8 Å². The zero-order chi connectivity index (χ0) is 10.1. The van der Waals surface area contributed by atoms with Crippen LogP contribution in [0.15, 0.2) is 42.8 Å². The maximum Gasteiger partial charge on any atom is 0.129 e. The molecule has 0 unspecified atom stereocenters. The molecular formula is C11H9N3S. The van der Waals surface area contributed by atoms with E-state index >= 15 is 0 Å². The fraction of sp³-hybridized carbons (Fsp3) is 0.0909. The Labute approximate surface area is 91.5 Å². The van der Waals surface area contributed by atoms with Crippen molar-refractivity contribution in [1.82, 2.24) is 9.59 Å². The van der Waals surface area contributed by atoms with Crippen LogP contribution in [0.25, 0.3) is 10.2 Å². The van der Waals surface area contributed by atoms with Gasteiger partial charge < -0.3 is 4.90 Å². The minimum Gasteiger partial charge on any atom is -0.322 e. The molecule has 3 rings (SSSR count). The number of fused-ring (bicyclic) bond motifs is 1. The van der Waals surface area contributed by atoms with Crippen molar-refractivity contribution >= 4 is 27.4 Å². The van der Waals surface area contributed by atoms with Gasteiger partial charge >= 0.3 is 0 Å². The Morgan fingerprint density at radius 2 is 2.07 bits per heavy atom. The molecule has 4 heteroatoms. The van der Waals surface area contributed by atoms with E-state index in [0.29, 0.717) is 0 Å². The van der Waals surface area contributed by atoms with E-state index in [9.17, 15) is 0 Å². The van der Waals surface area contributed by atoms with Gasteiger partial charge in [-0.3, -0.25) is 0 Å². The molecule has 2 heterocycles. The Morgan fingerprint density at radius 1 is 1.20 bits per heavy atom. The minimum absolute atomic E-state index is 0.971. The molecule has 0 bridgehead atoms. The van der Waals surface area contributed by atoms with Crippen LogP contribution >= 0.6 is 11.5 Å². The summed E-state index contributed by atoms with van der Waals surface area (Å²) < 4.78 is 5.10. The quantitative estimate of drug-likeness (QED) is 0.732. The van der Waals surface area contributed by atoms with Crippen LogP contribution in [0.2, 0.25) is 0 Å². The normalized spacial score (nSPS) is 15.1. The molecule has 0 saturated carbocycles. The maximum atomic E-state index is 4.15. The molecule has 0 atom stereocenters.